The van der Waals surface area contributed by atoms with E-state index in [-0.39, 0.29) is 5.91 Å². The zero-order valence-electron chi connectivity index (χ0n) is 7.95. The van der Waals surface area contributed by atoms with Gasteiger partial charge in [0.25, 0.3) is 0 Å². The van der Waals surface area contributed by atoms with Gasteiger partial charge >= 0.3 is 0 Å². The Labute approximate surface area is 84.3 Å². The number of nitrogens with two attached hydrogens (primary N) is 2. The van der Waals surface area contributed by atoms with E-state index in [0.717, 1.165) is 25.9 Å². The Morgan fingerprint density at radius 1 is 1.46 bits per heavy atom. The highest BCUT2D eigenvalue weighted by Crippen LogP contribution is 1.94. The van der Waals surface area contributed by atoms with Gasteiger partial charge in [-0.3, -0.25) is 9.69 Å². The van der Waals surface area contributed by atoms with Gasteiger partial charge < -0.3 is 11.5 Å². The number of rotatable bonds is 7. The molecule has 4 nitrogen and oxygen atoms in total. The molecule has 0 saturated carbocycles. The monoisotopic (exact) mass is 203 g/mol. The first kappa shape index (κ1) is 12.3. The van der Waals surface area contributed by atoms with Gasteiger partial charge in [-0.1, -0.05) is 19.1 Å². The van der Waals surface area contributed by atoms with Gasteiger partial charge in [0, 0.05) is 0 Å². The topological polar surface area (TPSA) is 72.3 Å². The SMILES string of the molecule is CCN(CCCC(N)=S)CC(N)=O. The van der Waals surface area contributed by atoms with E-state index in [1.54, 1.807) is 0 Å². The summed E-state index contributed by atoms with van der Waals surface area (Å²) in [5, 5.41) is 0. The smallest absolute Gasteiger partial charge is 0.231 e. The van der Waals surface area contributed by atoms with Crippen LogP contribution in [0.3, 0.4) is 0 Å². The molecule has 0 aromatic heterocycles. The van der Waals surface area contributed by atoms with E-state index < -0.39 is 0 Å². The van der Waals surface area contributed by atoms with Crippen LogP contribution in [0.5, 0.6) is 0 Å². The standard InChI is InChI=1S/C8H17N3OS/c1-2-11(6-7(9)12)5-3-4-8(10)13/h2-6H2,1H3,(H2,9,12)(H2,10,13). The van der Waals surface area contributed by atoms with Crippen molar-refractivity contribution < 1.29 is 4.79 Å². The molecule has 0 fully saturated rings. The Hall–Kier alpha value is -0.680. The zero-order chi connectivity index (χ0) is 10.3. The van der Waals surface area contributed by atoms with Crippen LogP contribution in [-0.4, -0.2) is 35.4 Å². The van der Waals surface area contributed by atoms with E-state index in [2.05, 4.69) is 0 Å². The Bertz CT molecular complexity index is 184. The van der Waals surface area contributed by atoms with Crippen molar-refractivity contribution in [3.63, 3.8) is 0 Å². The molecule has 0 heterocycles. The first-order valence-corrected chi connectivity index (χ1v) is 4.76. The summed E-state index contributed by atoms with van der Waals surface area (Å²) in [5.74, 6) is -0.294. The normalized spacial score (nSPS) is 10.3. The van der Waals surface area contributed by atoms with Crippen molar-refractivity contribution in [3.8, 4) is 0 Å². The van der Waals surface area contributed by atoms with Crippen molar-refractivity contribution in [2.75, 3.05) is 19.6 Å². The number of thiocarbonyl (C=S) groups is 1. The predicted molar refractivity (Wildman–Crippen MR) is 57.3 cm³/mol. The Morgan fingerprint density at radius 2 is 2.08 bits per heavy atom. The highest BCUT2D eigenvalue weighted by Gasteiger charge is 2.04. The average molecular weight is 203 g/mol. The van der Waals surface area contributed by atoms with Crippen LogP contribution < -0.4 is 11.5 Å². The summed E-state index contributed by atoms with van der Waals surface area (Å²) in [7, 11) is 0. The third kappa shape index (κ3) is 7.67. The van der Waals surface area contributed by atoms with Crippen LogP contribution in [0.15, 0.2) is 0 Å². The molecule has 0 aromatic carbocycles. The number of primary amides is 1. The maximum absolute atomic E-state index is 10.6. The number of carbonyl (C=O) groups is 1. The quantitative estimate of drug-likeness (QED) is 0.565. The summed E-state index contributed by atoms with van der Waals surface area (Å²) in [4.78, 5) is 13.1. The van der Waals surface area contributed by atoms with E-state index in [1.165, 1.54) is 0 Å². The van der Waals surface area contributed by atoms with Crippen LogP contribution in [0.25, 0.3) is 0 Å². The maximum atomic E-state index is 10.6. The second-order valence-corrected chi connectivity index (χ2v) is 3.43. The average Bonchev–Trinajstić information content (AvgIpc) is 2.01. The van der Waals surface area contributed by atoms with E-state index in [4.69, 9.17) is 23.7 Å². The minimum Gasteiger partial charge on any atom is -0.393 e. The molecule has 5 heteroatoms. The molecule has 0 aliphatic heterocycles. The van der Waals surface area contributed by atoms with Gasteiger partial charge in [-0.05, 0) is 25.9 Å². The number of carbonyl (C=O) groups excluding carboxylic acids is 1. The molecule has 0 radical (unpaired) electrons. The summed E-state index contributed by atoms with van der Waals surface area (Å²) < 4.78 is 0. The maximum Gasteiger partial charge on any atom is 0.231 e. The molecule has 0 atom stereocenters. The summed E-state index contributed by atoms with van der Waals surface area (Å²) in [6.07, 6.45) is 1.61. The third-order valence-electron chi connectivity index (χ3n) is 1.72. The number of hydrogen-bond acceptors (Lipinski definition) is 3. The van der Waals surface area contributed by atoms with Crippen molar-refractivity contribution in [1.29, 1.82) is 0 Å². The van der Waals surface area contributed by atoms with Crippen molar-refractivity contribution in [2.45, 2.75) is 19.8 Å². The summed E-state index contributed by atoms with van der Waals surface area (Å²) >= 11 is 4.74. The van der Waals surface area contributed by atoms with E-state index in [0.29, 0.717) is 11.5 Å². The minimum absolute atomic E-state index is 0.294. The van der Waals surface area contributed by atoms with Gasteiger partial charge in [-0.2, -0.15) is 0 Å². The van der Waals surface area contributed by atoms with Gasteiger partial charge in [0.2, 0.25) is 5.91 Å². The van der Waals surface area contributed by atoms with Crippen molar-refractivity contribution in [3.05, 3.63) is 0 Å². The first-order valence-electron chi connectivity index (χ1n) is 4.35. The van der Waals surface area contributed by atoms with Gasteiger partial charge in [-0.25, -0.2) is 0 Å². The van der Waals surface area contributed by atoms with Crippen molar-refractivity contribution >= 4 is 23.1 Å². The molecule has 0 rings (SSSR count). The van der Waals surface area contributed by atoms with Crippen LogP contribution in [0, 0.1) is 0 Å². The molecule has 13 heavy (non-hydrogen) atoms. The van der Waals surface area contributed by atoms with E-state index in [1.807, 2.05) is 11.8 Å². The summed E-state index contributed by atoms with van der Waals surface area (Å²) in [5.41, 5.74) is 10.4. The second-order valence-electron chi connectivity index (χ2n) is 2.90. The van der Waals surface area contributed by atoms with Crippen LogP contribution in [-0.2, 0) is 4.79 Å². The lowest BCUT2D eigenvalue weighted by atomic mass is 10.3. The Morgan fingerprint density at radius 3 is 2.46 bits per heavy atom. The zero-order valence-corrected chi connectivity index (χ0v) is 8.77. The van der Waals surface area contributed by atoms with Crippen LogP contribution in [0.2, 0.25) is 0 Å². The molecule has 1 amide bonds. The number of nitrogens with zero attached hydrogens (tertiary/aromatic N) is 1. The molecule has 0 unspecified atom stereocenters. The van der Waals surface area contributed by atoms with Crippen LogP contribution in [0.4, 0.5) is 0 Å². The summed E-state index contributed by atoms with van der Waals surface area (Å²) in [6.45, 7) is 3.94. The molecular formula is C8H17N3OS. The molecular weight excluding hydrogens is 186 g/mol. The molecule has 0 aromatic rings. The van der Waals surface area contributed by atoms with Gasteiger partial charge in [0.05, 0.1) is 11.5 Å². The molecule has 0 saturated heterocycles. The molecule has 76 valence electrons. The van der Waals surface area contributed by atoms with Crippen LogP contribution >= 0.6 is 12.2 Å². The van der Waals surface area contributed by atoms with Gasteiger partial charge in [0.15, 0.2) is 0 Å². The number of likely N-dealkylation sites (N-methyl/N-ethyl adjacent to an activating group) is 1. The van der Waals surface area contributed by atoms with Gasteiger partial charge in [-0.15, -0.1) is 0 Å². The molecule has 0 aliphatic carbocycles. The molecule has 0 bridgehead atoms. The van der Waals surface area contributed by atoms with E-state index >= 15 is 0 Å². The largest absolute Gasteiger partial charge is 0.393 e. The molecule has 4 N–H and O–H groups in total. The van der Waals surface area contributed by atoms with Crippen molar-refractivity contribution in [1.82, 2.24) is 4.90 Å². The fourth-order valence-corrected chi connectivity index (χ4v) is 1.19. The van der Waals surface area contributed by atoms with Gasteiger partial charge in [0.1, 0.15) is 0 Å². The minimum atomic E-state index is -0.294. The third-order valence-corrected chi connectivity index (χ3v) is 1.93. The highest BCUT2D eigenvalue weighted by molar-refractivity contribution is 7.80. The van der Waals surface area contributed by atoms with Crippen LogP contribution in [0.1, 0.15) is 19.8 Å². The first-order chi connectivity index (χ1) is 6.06. The van der Waals surface area contributed by atoms with Crippen molar-refractivity contribution in [2.24, 2.45) is 11.5 Å². The lowest BCUT2D eigenvalue weighted by Crippen LogP contribution is -2.34. The Kier molecular flexibility index (Phi) is 6.44. The lowest BCUT2D eigenvalue weighted by Gasteiger charge is -2.17. The Balaban J connectivity index is 3.59. The fraction of sp³-hybridized carbons (Fsp3) is 0.750. The van der Waals surface area contributed by atoms with E-state index in [9.17, 15) is 4.79 Å². The highest BCUT2D eigenvalue weighted by atomic mass is 32.1. The number of amides is 1. The predicted octanol–water partition coefficient (Wildman–Crippen LogP) is -0.140. The number of hydrogen-bond donors (Lipinski definition) is 2. The second kappa shape index (κ2) is 6.80. The summed E-state index contributed by atoms with van der Waals surface area (Å²) in [6, 6.07) is 0. The molecule has 0 aliphatic rings. The fourth-order valence-electron chi connectivity index (χ4n) is 1.05. The molecule has 0 spiro atoms. The lowest BCUT2D eigenvalue weighted by molar-refractivity contribution is -0.119.